The highest BCUT2D eigenvalue weighted by molar-refractivity contribution is 7.16. The van der Waals surface area contributed by atoms with Crippen LogP contribution in [0.5, 0.6) is 0 Å². The molecule has 0 aliphatic heterocycles. The van der Waals surface area contributed by atoms with E-state index in [2.05, 4.69) is 37.8 Å². The first-order valence-corrected chi connectivity index (χ1v) is 7.69. The van der Waals surface area contributed by atoms with Crippen LogP contribution in [0.2, 0.25) is 0 Å². The first kappa shape index (κ1) is 12.5. The van der Waals surface area contributed by atoms with Gasteiger partial charge < -0.3 is 4.57 Å². The highest BCUT2D eigenvalue weighted by atomic mass is 32.1. The van der Waals surface area contributed by atoms with E-state index in [0.29, 0.717) is 6.54 Å². The Kier molecular flexibility index (Phi) is 2.75. The summed E-state index contributed by atoms with van der Waals surface area (Å²) < 4.78 is 4.02. The summed E-state index contributed by atoms with van der Waals surface area (Å²) in [4.78, 5) is 5.52. The van der Waals surface area contributed by atoms with E-state index in [1.807, 2.05) is 29.6 Å². The number of hydrogen-bond acceptors (Lipinski definition) is 5. The number of aryl methyl sites for hydroxylation is 2. The molecule has 6 nitrogen and oxygen atoms in total. The van der Waals surface area contributed by atoms with E-state index in [-0.39, 0.29) is 0 Å². The fourth-order valence-electron chi connectivity index (χ4n) is 2.56. The Morgan fingerprint density at radius 2 is 2.00 bits per heavy atom. The molecule has 0 unspecified atom stereocenters. The van der Waals surface area contributed by atoms with Crippen LogP contribution in [0.1, 0.15) is 23.6 Å². The number of nitrogens with zero attached hydrogens (tertiary/aromatic N) is 6. The molecular formula is C14H14N6S. The molecule has 4 rings (SSSR count). The zero-order chi connectivity index (χ0) is 14.4. The zero-order valence-electron chi connectivity index (χ0n) is 11.8. The standard InChI is InChI=1S/C14H14N6S/c1-3-12-15-10-6-4-5-7-11(10)19(12)8-13-16-17-14-20(13)18-9(2)21-14/h4-7H,3,8H2,1-2H3. The normalized spacial score (nSPS) is 11.7. The van der Waals surface area contributed by atoms with Gasteiger partial charge in [-0.3, -0.25) is 0 Å². The maximum Gasteiger partial charge on any atom is 0.234 e. The van der Waals surface area contributed by atoms with E-state index in [1.54, 1.807) is 11.3 Å². The Morgan fingerprint density at radius 1 is 1.14 bits per heavy atom. The Hall–Kier alpha value is -2.28. The molecule has 0 aliphatic rings. The third-order valence-electron chi connectivity index (χ3n) is 3.51. The molecule has 3 aromatic heterocycles. The van der Waals surface area contributed by atoms with Gasteiger partial charge >= 0.3 is 0 Å². The predicted octanol–water partition coefficient (Wildman–Crippen LogP) is 2.45. The molecule has 0 spiro atoms. The van der Waals surface area contributed by atoms with Crippen LogP contribution in [0.15, 0.2) is 24.3 Å². The number of para-hydroxylation sites is 2. The van der Waals surface area contributed by atoms with Gasteiger partial charge in [0.2, 0.25) is 4.96 Å². The van der Waals surface area contributed by atoms with Crippen LogP contribution in [-0.4, -0.2) is 29.4 Å². The van der Waals surface area contributed by atoms with Crippen molar-refractivity contribution in [2.45, 2.75) is 26.8 Å². The van der Waals surface area contributed by atoms with E-state index in [4.69, 9.17) is 0 Å². The second-order valence-electron chi connectivity index (χ2n) is 4.89. The van der Waals surface area contributed by atoms with Gasteiger partial charge in [-0.1, -0.05) is 30.4 Å². The minimum atomic E-state index is 0.633. The number of imidazole rings is 1. The lowest BCUT2D eigenvalue weighted by Gasteiger charge is -2.05. The SMILES string of the molecule is CCc1nc2ccccc2n1Cc1nnc2sc(C)nn12. The van der Waals surface area contributed by atoms with Gasteiger partial charge in [0.25, 0.3) is 0 Å². The number of fused-ring (bicyclic) bond motifs is 2. The van der Waals surface area contributed by atoms with Gasteiger partial charge in [0.05, 0.1) is 17.6 Å². The highest BCUT2D eigenvalue weighted by Gasteiger charge is 2.14. The molecule has 0 amide bonds. The summed E-state index contributed by atoms with van der Waals surface area (Å²) >= 11 is 1.55. The summed E-state index contributed by atoms with van der Waals surface area (Å²) in [6.45, 7) is 4.73. The Bertz CT molecular complexity index is 932. The van der Waals surface area contributed by atoms with E-state index in [9.17, 15) is 0 Å². The molecule has 0 saturated carbocycles. The molecule has 0 bridgehead atoms. The molecule has 0 saturated heterocycles. The second-order valence-corrected chi connectivity index (χ2v) is 6.05. The quantitative estimate of drug-likeness (QED) is 0.583. The average molecular weight is 298 g/mol. The Morgan fingerprint density at radius 3 is 2.86 bits per heavy atom. The summed E-state index contributed by atoms with van der Waals surface area (Å²) in [6.07, 6.45) is 0.882. The zero-order valence-corrected chi connectivity index (χ0v) is 12.6. The lowest BCUT2D eigenvalue weighted by atomic mass is 10.3. The molecule has 21 heavy (non-hydrogen) atoms. The van der Waals surface area contributed by atoms with Gasteiger partial charge in [0.1, 0.15) is 10.8 Å². The largest absolute Gasteiger partial charge is 0.320 e. The summed E-state index contributed by atoms with van der Waals surface area (Å²) in [6, 6.07) is 8.17. The van der Waals surface area contributed by atoms with Crippen molar-refractivity contribution in [3.8, 4) is 0 Å². The van der Waals surface area contributed by atoms with Gasteiger partial charge in [-0.05, 0) is 19.1 Å². The van der Waals surface area contributed by atoms with Crippen molar-refractivity contribution in [1.82, 2.24) is 29.4 Å². The maximum absolute atomic E-state index is 4.68. The van der Waals surface area contributed by atoms with Crippen molar-refractivity contribution in [1.29, 1.82) is 0 Å². The number of rotatable bonds is 3. The monoisotopic (exact) mass is 298 g/mol. The molecule has 0 aliphatic carbocycles. The number of benzene rings is 1. The minimum Gasteiger partial charge on any atom is -0.320 e. The molecule has 0 radical (unpaired) electrons. The second kappa shape index (κ2) is 4.63. The van der Waals surface area contributed by atoms with Gasteiger partial charge in [-0.2, -0.15) is 9.61 Å². The van der Waals surface area contributed by atoms with Crippen LogP contribution in [0.4, 0.5) is 0 Å². The summed E-state index contributed by atoms with van der Waals surface area (Å²) in [7, 11) is 0. The fraction of sp³-hybridized carbons (Fsp3) is 0.286. The summed E-state index contributed by atoms with van der Waals surface area (Å²) in [5.41, 5.74) is 2.14. The molecular weight excluding hydrogens is 284 g/mol. The molecule has 0 fully saturated rings. The van der Waals surface area contributed by atoms with Crippen molar-refractivity contribution < 1.29 is 0 Å². The lowest BCUT2D eigenvalue weighted by molar-refractivity contribution is 0.688. The molecule has 0 N–H and O–H groups in total. The number of aromatic nitrogens is 6. The van der Waals surface area contributed by atoms with Crippen LogP contribution in [-0.2, 0) is 13.0 Å². The van der Waals surface area contributed by atoms with E-state index >= 15 is 0 Å². The first-order chi connectivity index (χ1) is 10.3. The van der Waals surface area contributed by atoms with Gasteiger partial charge in [0.15, 0.2) is 5.82 Å². The van der Waals surface area contributed by atoms with Gasteiger partial charge in [-0.25, -0.2) is 4.98 Å². The first-order valence-electron chi connectivity index (χ1n) is 6.88. The third kappa shape index (κ3) is 1.92. The van der Waals surface area contributed by atoms with Crippen molar-refractivity contribution in [3.63, 3.8) is 0 Å². The maximum atomic E-state index is 4.68. The Balaban J connectivity index is 1.86. The van der Waals surface area contributed by atoms with Crippen LogP contribution < -0.4 is 0 Å². The third-order valence-corrected chi connectivity index (χ3v) is 4.32. The van der Waals surface area contributed by atoms with Gasteiger partial charge in [0, 0.05) is 6.42 Å². The minimum absolute atomic E-state index is 0.633. The summed E-state index contributed by atoms with van der Waals surface area (Å²) in [5.74, 6) is 1.90. The number of hydrogen-bond donors (Lipinski definition) is 0. The van der Waals surface area contributed by atoms with Crippen LogP contribution >= 0.6 is 11.3 Å². The van der Waals surface area contributed by atoms with E-state index in [0.717, 1.165) is 39.1 Å². The van der Waals surface area contributed by atoms with Crippen LogP contribution in [0.25, 0.3) is 16.0 Å². The van der Waals surface area contributed by atoms with Crippen molar-refractivity contribution >= 4 is 27.3 Å². The molecule has 4 aromatic rings. The van der Waals surface area contributed by atoms with E-state index in [1.165, 1.54) is 0 Å². The summed E-state index contributed by atoms with van der Waals surface area (Å²) in [5, 5.41) is 13.9. The fourth-order valence-corrected chi connectivity index (χ4v) is 3.27. The molecule has 3 heterocycles. The molecule has 1 aromatic carbocycles. The van der Waals surface area contributed by atoms with E-state index < -0.39 is 0 Å². The smallest absolute Gasteiger partial charge is 0.234 e. The average Bonchev–Trinajstić information content (AvgIpc) is 3.13. The molecule has 0 atom stereocenters. The molecule has 106 valence electrons. The van der Waals surface area contributed by atoms with Crippen molar-refractivity contribution in [2.24, 2.45) is 0 Å². The lowest BCUT2D eigenvalue weighted by Crippen LogP contribution is -2.08. The Labute approximate surface area is 125 Å². The molecule has 7 heteroatoms. The highest BCUT2D eigenvalue weighted by Crippen LogP contribution is 2.19. The van der Waals surface area contributed by atoms with Crippen LogP contribution in [0.3, 0.4) is 0 Å². The topological polar surface area (TPSA) is 60.9 Å². The van der Waals surface area contributed by atoms with Crippen molar-refractivity contribution in [3.05, 3.63) is 40.9 Å². The van der Waals surface area contributed by atoms with Crippen LogP contribution in [0, 0.1) is 6.92 Å². The van der Waals surface area contributed by atoms with Crippen molar-refractivity contribution in [2.75, 3.05) is 0 Å². The predicted molar refractivity (Wildman–Crippen MR) is 81.6 cm³/mol. The van der Waals surface area contributed by atoms with Gasteiger partial charge in [-0.15, -0.1) is 10.2 Å².